The Morgan fingerprint density at radius 3 is 2.58 bits per heavy atom. The van der Waals surface area contributed by atoms with Crippen molar-refractivity contribution in [2.45, 2.75) is 13.1 Å². The number of halogens is 3. The number of hydrogen-bond acceptors (Lipinski definition) is 6. The molecule has 0 bridgehead atoms. The molecule has 0 saturated carbocycles. The third-order valence-corrected chi connectivity index (χ3v) is 4.46. The molecule has 0 aliphatic carbocycles. The predicted molar refractivity (Wildman–Crippen MR) is 113 cm³/mol. The van der Waals surface area contributed by atoms with Gasteiger partial charge in [0.15, 0.2) is 6.61 Å². The van der Waals surface area contributed by atoms with E-state index in [1.165, 1.54) is 12.1 Å². The van der Waals surface area contributed by atoms with Crippen LogP contribution in [0.4, 0.5) is 19.0 Å². The first-order chi connectivity index (χ1) is 15.8. The van der Waals surface area contributed by atoms with E-state index in [4.69, 9.17) is 0 Å². The monoisotopic (exact) mass is 454 g/mol. The zero-order valence-electron chi connectivity index (χ0n) is 17.2. The third-order valence-electron chi connectivity index (χ3n) is 4.46. The number of amides is 1. The van der Waals surface area contributed by atoms with Crippen molar-refractivity contribution in [3.8, 4) is 22.8 Å². The van der Waals surface area contributed by atoms with Crippen molar-refractivity contribution in [1.29, 1.82) is 0 Å². The summed E-state index contributed by atoms with van der Waals surface area (Å²) in [5.41, 5.74) is 3.40. The smallest absolute Gasteiger partial charge is 0.422 e. The van der Waals surface area contributed by atoms with Gasteiger partial charge in [0.1, 0.15) is 5.82 Å². The summed E-state index contributed by atoms with van der Waals surface area (Å²) in [5, 5.41) is 7.20. The van der Waals surface area contributed by atoms with Gasteiger partial charge in [-0.1, -0.05) is 0 Å². The van der Waals surface area contributed by atoms with Crippen LogP contribution >= 0.6 is 0 Å². The van der Waals surface area contributed by atoms with Crippen LogP contribution in [0.1, 0.15) is 16.1 Å². The number of ether oxygens (including phenoxy) is 1. The van der Waals surface area contributed by atoms with Crippen molar-refractivity contribution in [3.63, 3.8) is 0 Å². The van der Waals surface area contributed by atoms with Crippen molar-refractivity contribution in [2.75, 3.05) is 11.9 Å². The van der Waals surface area contributed by atoms with E-state index in [1.54, 1.807) is 35.4 Å². The highest BCUT2D eigenvalue weighted by Crippen LogP contribution is 2.21. The molecule has 0 aromatic carbocycles. The quantitative estimate of drug-likeness (QED) is 0.469. The highest BCUT2D eigenvalue weighted by molar-refractivity contribution is 6.03. The second-order valence-electron chi connectivity index (χ2n) is 6.97. The second kappa shape index (κ2) is 9.07. The van der Waals surface area contributed by atoms with E-state index in [1.807, 2.05) is 25.1 Å². The number of aromatic nitrogens is 5. The Labute approximate surface area is 186 Å². The predicted octanol–water partition coefficient (Wildman–Crippen LogP) is 4.23. The van der Waals surface area contributed by atoms with Crippen molar-refractivity contribution in [1.82, 2.24) is 24.7 Å². The lowest BCUT2D eigenvalue weighted by molar-refractivity contribution is -0.154. The fourth-order valence-corrected chi connectivity index (χ4v) is 2.92. The van der Waals surface area contributed by atoms with Crippen LogP contribution in [-0.2, 0) is 0 Å². The van der Waals surface area contributed by atoms with Gasteiger partial charge in [-0.05, 0) is 43.3 Å². The van der Waals surface area contributed by atoms with Gasteiger partial charge in [-0.15, -0.1) is 0 Å². The number of aryl methyl sites for hydroxylation is 1. The highest BCUT2D eigenvalue weighted by Gasteiger charge is 2.28. The molecule has 168 valence electrons. The first-order valence-corrected chi connectivity index (χ1v) is 9.69. The van der Waals surface area contributed by atoms with Gasteiger partial charge >= 0.3 is 6.18 Å². The van der Waals surface area contributed by atoms with Gasteiger partial charge in [-0.2, -0.15) is 18.3 Å². The molecule has 4 rings (SSSR count). The molecule has 0 spiro atoms. The molecule has 0 aliphatic rings. The molecule has 0 aliphatic heterocycles. The Morgan fingerprint density at radius 1 is 1.09 bits per heavy atom. The van der Waals surface area contributed by atoms with Crippen molar-refractivity contribution in [3.05, 3.63) is 78.5 Å². The number of nitrogens with zero attached hydrogens (tertiary/aromatic N) is 5. The van der Waals surface area contributed by atoms with E-state index in [0.29, 0.717) is 11.5 Å². The molecular formula is C22H17F3N6O2. The average molecular weight is 454 g/mol. The lowest BCUT2D eigenvalue weighted by Gasteiger charge is -2.09. The van der Waals surface area contributed by atoms with Crippen molar-refractivity contribution in [2.24, 2.45) is 0 Å². The van der Waals surface area contributed by atoms with Crippen molar-refractivity contribution < 1.29 is 22.7 Å². The number of anilines is 1. The Bertz CT molecular complexity index is 1240. The average Bonchev–Trinajstić information content (AvgIpc) is 3.20. The van der Waals surface area contributed by atoms with Gasteiger partial charge in [0.2, 0.25) is 5.88 Å². The number of nitrogens with one attached hydrogen (secondary N) is 1. The summed E-state index contributed by atoms with van der Waals surface area (Å²) < 4.78 is 42.8. The minimum Gasteiger partial charge on any atom is -0.468 e. The maximum Gasteiger partial charge on any atom is 0.422 e. The van der Waals surface area contributed by atoms with Crippen molar-refractivity contribution >= 4 is 11.7 Å². The van der Waals surface area contributed by atoms with Crippen LogP contribution in [0.3, 0.4) is 0 Å². The van der Waals surface area contributed by atoms with Crippen LogP contribution in [0.5, 0.6) is 5.88 Å². The number of hydrogen-bond donors (Lipinski definition) is 1. The Morgan fingerprint density at radius 2 is 1.94 bits per heavy atom. The second-order valence-corrected chi connectivity index (χ2v) is 6.97. The summed E-state index contributed by atoms with van der Waals surface area (Å²) >= 11 is 0. The van der Waals surface area contributed by atoms with E-state index in [9.17, 15) is 18.0 Å². The van der Waals surface area contributed by atoms with Crippen LogP contribution in [0, 0.1) is 6.92 Å². The topological polar surface area (TPSA) is 94.8 Å². The summed E-state index contributed by atoms with van der Waals surface area (Å²) in [6.07, 6.45) is 1.64. The lowest BCUT2D eigenvalue weighted by Crippen LogP contribution is -2.19. The van der Waals surface area contributed by atoms with Gasteiger partial charge in [0.25, 0.3) is 5.91 Å². The molecule has 0 atom stereocenters. The molecule has 4 heterocycles. The normalized spacial score (nSPS) is 11.3. The first kappa shape index (κ1) is 21.9. The zero-order valence-corrected chi connectivity index (χ0v) is 17.2. The van der Waals surface area contributed by atoms with E-state index in [2.05, 4.69) is 30.1 Å². The molecule has 8 nitrogen and oxygen atoms in total. The molecule has 0 radical (unpaired) electrons. The van der Waals surface area contributed by atoms with E-state index in [-0.39, 0.29) is 11.4 Å². The first-order valence-electron chi connectivity index (χ1n) is 9.69. The molecule has 1 amide bonds. The van der Waals surface area contributed by atoms with Crippen LogP contribution in [0.25, 0.3) is 16.9 Å². The largest absolute Gasteiger partial charge is 0.468 e. The van der Waals surface area contributed by atoms with Crippen LogP contribution < -0.4 is 10.1 Å². The number of carbonyl (C=O) groups excluding carboxylic acids is 1. The molecule has 4 aromatic heterocycles. The molecule has 33 heavy (non-hydrogen) atoms. The van der Waals surface area contributed by atoms with Gasteiger partial charge in [0.05, 0.1) is 23.1 Å². The number of rotatable bonds is 6. The molecular weight excluding hydrogens is 437 g/mol. The number of pyridine rings is 3. The van der Waals surface area contributed by atoms with Gasteiger partial charge in [-0.25, -0.2) is 14.6 Å². The van der Waals surface area contributed by atoms with E-state index in [0.717, 1.165) is 23.1 Å². The summed E-state index contributed by atoms with van der Waals surface area (Å²) in [6, 6.07) is 11.6. The standard InChI is InChI=1S/C22H17F3N6O2/c1-14-9-18(15-3-2-8-26-10-15)30-31(14)17-5-6-19(27-12-17)29-21(32)16-4-7-20(28-11-16)33-13-22(23,24)25/h2-12H,13H2,1H3,(H,27,29,32). The summed E-state index contributed by atoms with van der Waals surface area (Å²) in [5.74, 6) is -0.454. The third kappa shape index (κ3) is 5.50. The number of carbonyl (C=O) groups is 1. The van der Waals surface area contributed by atoms with E-state index >= 15 is 0 Å². The highest BCUT2D eigenvalue weighted by atomic mass is 19.4. The fourth-order valence-electron chi connectivity index (χ4n) is 2.92. The molecule has 0 unspecified atom stereocenters. The SMILES string of the molecule is Cc1cc(-c2cccnc2)nn1-c1ccc(NC(=O)c2ccc(OCC(F)(F)F)nc2)nc1. The molecule has 4 aromatic rings. The summed E-state index contributed by atoms with van der Waals surface area (Å²) in [6.45, 7) is 0.457. The number of alkyl halides is 3. The maximum atomic E-state index is 12.4. The fraction of sp³-hybridized carbons (Fsp3) is 0.136. The van der Waals surface area contributed by atoms with E-state index < -0.39 is 18.7 Å². The molecule has 0 fully saturated rings. The van der Waals surface area contributed by atoms with Gasteiger partial charge in [0, 0.05) is 35.9 Å². The van der Waals surface area contributed by atoms with Gasteiger partial charge < -0.3 is 10.1 Å². The van der Waals surface area contributed by atoms with Crippen LogP contribution in [0.15, 0.2) is 67.3 Å². The van der Waals surface area contributed by atoms with Crippen LogP contribution in [0.2, 0.25) is 0 Å². The minimum atomic E-state index is -4.47. The minimum absolute atomic E-state index is 0.143. The summed E-state index contributed by atoms with van der Waals surface area (Å²) in [4.78, 5) is 24.4. The van der Waals surface area contributed by atoms with Crippen LogP contribution in [-0.4, -0.2) is 43.4 Å². The Kier molecular flexibility index (Phi) is 6.03. The molecule has 1 N–H and O–H groups in total. The maximum absolute atomic E-state index is 12.4. The molecule has 0 saturated heterocycles. The lowest BCUT2D eigenvalue weighted by atomic mass is 10.2. The van der Waals surface area contributed by atoms with Gasteiger partial charge in [-0.3, -0.25) is 9.78 Å². The molecule has 11 heteroatoms. The Hall–Kier alpha value is -4.28. The Balaban J connectivity index is 1.42. The summed E-state index contributed by atoms with van der Waals surface area (Å²) in [7, 11) is 0. The zero-order chi connectivity index (χ0) is 23.4.